The van der Waals surface area contributed by atoms with Gasteiger partial charge >= 0.3 is 0 Å². The molecule has 3 aromatic rings. The second-order valence-corrected chi connectivity index (χ2v) is 13.5. The van der Waals surface area contributed by atoms with Gasteiger partial charge < -0.3 is 20.4 Å². The molecule has 3 aromatic carbocycles. The highest BCUT2D eigenvalue weighted by Gasteiger charge is 2.42. The van der Waals surface area contributed by atoms with Crippen molar-refractivity contribution in [1.82, 2.24) is 20.4 Å². The van der Waals surface area contributed by atoms with Crippen molar-refractivity contribution in [3.8, 4) is 0 Å². The van der Waals surface area contributed by atoms with Crippen LogP contribution in [0.2, 0.25) is 0 Å². The Labute approximate surface area is 246 Å². The fraction of sp³-hybridized carbons (Fsp3) is 0.500. The Balaban J connectivity index is 1.33. The highest BCUT2D eigenvalue weighted by molar-refractivity contribution is 5.78. The van der Waals surface area contributed by atoms with Gasteiger partial charge in [-0.2, -0.15) is 0 Å². The standard InChI is InChI=1S/C36H47N5/c1-36(2)29-11-5-7-13-33(29)41(34-14-8-6-12-30(34)36)32-15-9-10-28(32)25-20-26(31-24-39(3)18-17-38-31)22-27(21-25)35-23-37-16-19-40(35)4/h5-8,11-14,20-22,28,31-32,35,37-38H,9-10,15-19,23-24H2,1-4H3. The molecule has 4 aliphatic rings. The molecule has 5 nitrogen and oxygen atoms in total. The van der Waals surface area contributed by atoms with Crippen LogP contribution in [0.25, 0.3) is 0 Å². The van der Waals surface area contributed by atoms with E-state index in [1.54, 1.807) is 0 Å². The number of nitrogens with one attached hydrogen (secondary N) is 2. The van der Waals surface area contributed by atoms with Crippen LogP contribution in [0.1, 0.15) is 78.9 Å². The quantitative estimate of drug-likeness (QED) is 0.420. The Morgan fingerprint density at radius 2 is 1.46 bits per heavy atom. The number of hydrogen-bond acceptors (Lipinski definition) is 5. The highest BCUT2D eigenvalue weighted by Crippen LogP contribution is 2.53. The van der Waals surface area contributed by atoms with Gasteiger partial charge in [-0.1, -0.05) is 74.9 Å². The molecule has 2 saturated heterocycles. The Kier molecular flexibility index (Phi) is 7.19. The lowest BCUT2D eigenvalue weighted by atomic mass is 9.73. The number of hydrogen-bond donors (Lipinski definition) is 2. The van der Waals surface area contributed by atoms with Gasteiger partial charge in [0.1, 0.15) is 0 Å². The summed E-state index contributed by atoms with van der Waals surface area (Å²) in [6, 6.07) is 27.3. The van der Waals surface area contributed by atoms with Gasteiger partial charge in [-0.05, 0) is 66.9 Å². The molecule has 5 heteroatoms. The van der Waals surface area contributed by atoms with Crippen LogP contribution in [0, 0.1) is 0 Å². The molecule has 3 heterocycles. The molecule has 3 aliphatic heterocycles. The number of likely N-dealkylation sites (N-methyl/N-ethyl adjacent to an activating group) is 2. The maximum atomic E-state index is 3.85. The number of fused-ring (bicyclic) bond motifs is 2. The molecule has 7 rings (SSSR count). The minimum Gasteiger partial charge on any atom is -0.337 e. The summed E-state index contributed by atoms with van der Waals surface area (Å²) in [6.07, 6.45) is 3.74. The van der Waals surface area contributed by atoms with Crippen LogP contribution in [0.15, 0.2) is 66.7 Å². The van der Waals surface area contributed by atoms with Gasteiger partial charge in [-0.25, -0.2) is 0 Å². The predicted octanol–water partition coefficient (Wildman–Crippen LogP) is 5.95. The molecule has 0 radical (unpaired) electrons. The van der Waals surface area contributed by atoms with Crippen LogP contribution >= 0.6 is 0 Å². The first kappa shape index (κ1) is 27.2. The number of benzene rings is 3. The first-order valence-electron chi connectivity index (χ1n) is 15.9. The molecule has 1 aliphatic carbocycles. The molecule has 0 amide bonds. The predicted molar refractivity (Wildman–Crippen MR) is 170 cm³/mol. The largest absolute Gasteiger partial charge is 0.337 e. The Bertz CT molecular complexity index is 1350. The second kappa shape index (κ2) is 10.9. The molecule has 3 fully saturated rings. The van der Waals surface area contributed by atoms with Gasteiger partial charge in [0.15, 0.2) is 0 Å². The summed E-state index contributed by atoms with van der Waals surface area (Å²) in [5.41, 5.74) is 10.2. The Hall–Kier alpha value is -2.70. The Morgan fingerprint density at radius 3 is 2.17 bits per heavy atom. The molecule has 0 bridgehead atoms. The van der Waals surface area contributed by atoms with Crippen molar-refractivity contribution in [2.45, 2.75) is 62.6 Å². The van der Waals surface area contributed by atoms with E-state index in [1.165, 1.54) is 58.5 Å². The molecule has 0 spiro atoms. The third-order valence-corrected chi connectivity index (χ3v) is 10.6. The van der Waals surface area contributed by atoms with Gasteiger partial charge in [0, 0.05) is 80.1 Å². The second-order valence-electron chi connectivity index (χ2n) is 13.5. The summed E-state index contributed by atoms with van der Waals surface area (Å²) >= 11 is 0. The summed E-state index contributed by atoms with van der Waals surface area (Å²) in [5.74, 6) is 0.499. The van der Waals surface area contributed by atoms with E-state index in [9.17, 15) is 0 Å². The number of anilines is 2. The summed E-state index contributed by atoms with van der Waals surface area (Å²) in [6.45, 7) is 11.2. The zero-order valence-corrected chi connectivity index (χ0v) is 25.4. The van der Waals surface area contributed by atoms with Crippen molar-refractivity contribution >= 4 is 11.4 Å². The van der Waals surface area contributed by atoms with Crippen LogP contribution in [0.4, 0.5) is 11.4 Å². The van der Waals surface area contributed by atoms with Gasteiger partial charge in [0.05, 0.1) is 0 Å². The molecular weight excluding hydrogens is 502 g/mol. The van der Waals surface area contributed by atoms with Crippen LogP contribution in [0.3, 0.4) is 0 Å². The maximum absolute atomic E-state index is 3.85. The summed E-state index contributed by atoms with van der Waals surface area (Å²) < 4.78 is 0. The van der Waals surface area contributed by atoms with Crippen molar-refractivity contribution in [2.75, 3.05) is 58.3 Å². The third-order valence-electron chi connectivity index (χ3n) is 10.6. The molecule has 2 N–H and O–H groups in total. The minimum absolute atomic E-state index is 0.0118. The molecule has 4 unspecified atom stereocenters. The minimum atomic E-state index is -0.0118. The molecule has 0 aromatic heterocycles. The van der Waals surface area contributed by atoms with E-state index in [1.807, 2.05) is 0 Å². The van der Waals surface area contributed by atoms with Crippen molar-refractivity contribution in [3.05, 3.63) is 94.5 Å². The number of para-hydroxylation sites is 2. The number of nitrogens with zero attached hydrogens (tertiary/aromatic N) is 3. The van der Waals surface area contributed by atoms with Gasteiger partial charge in [0.2, 0.25) is 0 Å². The van der Waals surface area contributed by atoms with Crippen LogP contribution in [-0.2, 0) is 5.41 Å². The number of piperazine rings is 2. The van der Waals surface area contributed by atoms with E-state index in [-0.39, 0.29) is 5.41 Å². The molecule has 216 valence electrons. The smallest absolute Gasteiger partial charge is 0.0470 e. The average Bonchev–Trinajstić information content (AvgIpc) is 3.47. The van der Waals surface area contributed by atoms with Crippen molar-refractivity contribution < 1.29 is 0 Å². The normalized spacial score (nSPS) is 28.3. The lowest BCUT2D eigenvalue weighted by Gasteiger charge is -2.46. The highest BCUT2D eigenvalue weighted by atomic mass is 15.2. The third kappa shape index (κ3) is 4.81. The maximum Gasteiger partial charge on any atom is 0.0470 e. The lowest BCUT2D eigenvalue weighted by molar-refractivity contribution is 0.201. The first-order valence-corrected chi connectivity index (χ1v) is 15.9. The zero-order valence-electron chi connectivity index (χ0n) is 25.4. The van der Waals surface area contributed by atoms with Crippen molar-refractivity contribution in [2.24, 2.45) is 0 Å². The fourth-order valence-corrected chi connectivity index (χ4v) is 8.30. The average molecular weight is 550 g/mol. The fourth-order valence-electron chi connectivity index (χ4n) is 8.30. The molecule has 41 heavy (non-hydrogen) atoms. The van der Waals surface area contributed by atoms with Crippen LogP contribution < -0.4 is 15.5 Å². The zero-order chi connectivity index (χ0) is 28.1. The van der Waals surface area contributed by atoms with E-state index in [2.05, 4.69) is 120 Å². The topological polar surface area (TPSA) is 33.8 Å². The number of rotatable bonds is 4. The lowest BCUT2D eigenvalue weighted by Crippen LogP contribution is -2.45. The SMILES string of the molecule is CN1CCNC(c2cc(C3CCCC3N3c4ccccc4C(C)(C)c4ccccc43)cc(C3CNCCN3C)c2)C1. The molecule has 4 atom stereocenters. The van der Waals surface area contributed by atoms with E-state index < -0.39 is 0 Å². The summed E-state index contributed by atoms with van der Waals surface area (Å²) in [7, 11) is 4.56. The van der Waals surface area contributed by atoms with Gasteiger partial charge in [-0.15, -0.1) is 0 Å². The molecular formula is C36H47N5. The monoisotopic (exact) mass is 549 g/mol. The van der Waals surface area contributed by atoms with Gasteiger partial charge in [0.25, 0.3) is 0 Å². The van der Waals surface area contributed by atoms with Crippen molar-refractivity contribution in [3.63, 3.8) is 0 Å². The van der Waals surface area contributed by atoms with E-state index in [0.717, 1.165) is 39.3 Å². The Morgan fingerprint density at radius 1 is 0.780 bits per heavy atom. The van der Waals surface area contributed by atoms with Crippen molar-refractivity contribution in [1.29, 1.82) is 0 Å². The van der Waals surface area contributed by atoms with E-state index in [4.69, 9.17) is 0 Å². The molecule has 1 saturated carbocycles. The first-order chi connectivity index (χ1) is 19.9. The van der Waals surface area contributed by atoms with Gasteiger partial charge in [-0.3, -0.25) is 4.90 Å². The van der Waals surface area contributed by atoms with E-state index >= 15 is 0 Å². The summed E-state index contributed by atoms with van der Waals surface area (Å²) in [5, 5.41) is 7.53. The summed E-state index contributed by atoms with van der Waals surface area (Å²) in [4.78, 5) is 7.76. The van der Waals surface area contributed by atoms with E-state index in [0.29, 0.717) is 24.0 Å². The van der Waals surface area contributed by atoms with Crippen LogP contribution in [-0.4, -0.2) is 69.2 Å². The van der Waals surface area contributed by atoms with Crippen LogP contribution in [0.5, 0.6) is 0 Å².